The lowest BCUT2D eigenvalue weighted by Crippen LogP contribution is -2.29. The fraction of sp³-hybridized carbons (Fsp3) is 0.333. The van der Waals surface area contributed by atoms with Crippen LogP contribution in [0, 0.1) is 0 Å². The van der Waals surface area contributed by atoms with Crippen LogP contribution >= 0.6 is 0 Å². The molecule has 30 heavy (non-hydrogen) atoms. The van der Waals surface area contributed by atoms with Gasteiger partial charge in [0.1, 0.15) is 5.69 Å². The van der Waals surface area contributed by atoms with Gasteiger partial charge in [0.05, 0.1) is 41.8 Å². The maximum absolute atomic E-state index is 12.7. The van der Waals surface area contributed by atoms with E-state index >= 15 is 0 Å². The lowest BCUT2D eigenvalue weighted by atomic mass is 10.1. The number of hydrogen-bond donors (Lipinski definition) is 1. The van der Waals surface area contributed by atoms with E-state index in [0.717, 1.165) is 48.1 Å². The molecule has 1 aliphatic heterocycles. The Balaban J connectivity index is 1.35. The molecule has 1 aliphatic rings. The molecule has 9 nitrogen and oxygen atoms in total. The molecule has 1 N–H and O–H groups in total. The minimum Gasteiger partial charge on any atom is -0.317 e. The number of rotatable bonds is 5. The smallest absolute Gasteiger partial charge is 0.190 e. The number of carbonyl (C=O) groups excluding carboxylic acids is 1. The maximum atomic E-state index is 12.7. The van der Waals surface area contributed by atoms with Crippen molar-refractivity contribution in [1.29, 1.82) is 0 Å². The van der Waals surface area contributed by atoms with Gasteiger partial charge >= 0.3 is 0 Å². The van der Waals surface area contributed by atoms with Crippen molar-refractivity contribution in [2.24, 2.45) is 7.05 Å². The van der Waals surface area contributed by atoms with E-state index in [1.807, 2.05) is 36.1 Å². The Morgan fingerprint density at radius 1 is 1.20 bits per heavy atom. The molecule has 0 amide bonds. The van der Waals surface area contributed by atoms with Crippen LogP contribution < -0.4 is 5.32 Å². The molecule has 5 heterocycles. The third-order valence-electron chi connectivity index (χ3n) is 5.45. The van der Waals surface area contributed by atoms with Crippen LogP contribution in [-0.2, 0) is 13.5 Å². The van der Waals surface area contributed by atoms with Crippen LogP contribution in [0.3, 0.4) is 0 Å². The van der Waals surface area contributed by atoms with E-state index in [2.05, 4.69) is 25.7 Å². The molecule has 0 unspecified atom stereocenters. The SMILES string of the molecule is Cn1cc(-c2ccc3cnc(CC(=O)c4cn(C5CCNCC5)nn4)cc3n2)cn1. The zero-order valence-corrected chi connectivity index (χ0v) is 16.7. The first kappa shape index (κ1) is 18.6. The second-order valence-electron chi connectivity index (χ2n) is 7.63. The first-order valence-electron chi connectivity index (χ1n) is 10.1. The van der Waals surface area contributed by atoms with Crippen LogP contribution in [0.4, 0.5) is 0 Å². The third kappa shape index (κ3) is 3.71. The highest BCUT2D eigenvalue weighted by atomic mass is 16.1. The zero-order chi connectivity index (χ0) is 20.5. The summed E-state index contributed by atoms with van der Waals surface area (Å²) in [6.45, 7) is 1.92. The Labute approximate surface area is 173 Å². The lowest BCUT2D eigenvalue weighted by Gasteiger charge is -2.22. The molecule has 0 saturated carbocycles. The summed E-state index contributed by atoms with van der Waals surface area (Å²) >= 11 is 0. The van der Waals surface area contributed by atoms with Crippen molar-refractivity contribution >= 4 is 16.7 Å². The van der Waals surface area contributed by atoms with E-state index < -0.39 is 0 Å². The highest BCUT2D eigenvalue weighted by Crippen LogP contribution is 2.21. The molecule has 5 rings (SSSR count). The van der Waals surface area contributed by atoms with Crippen molar-refractivity contribution in [3.05, 3.63) is 54.4 Å². The number of aromatic nitrogens is 7. The van der Waals surface area contributed by atoms with Gasteiger partial charge in [0.2, 0.25) is 0 Å². The predicted molar refractivity (Wildman–Crippen MR) is 111 cm³/mol. The van der Waals surface area contributed by atoms with Gasteiger partial charge in [0.25, 0.3) is 0 Å². The first-order chi connectivity index (χ1) is 14.7. The Morgan fingerprint density at radius 2 is 2.07 bits per heavy atom. The fourth-order valence-corrected chi connectivity index (χ4v) is 3.78. The quantitative estimate of drug-likeness (QED) is 0.509. The molecule has 0 radical (unpaired) electrons. The number of ketones is 1. The molecule has 152 valence electrons. The number of nitrogens with zero attached hydrogens (tertiary/aromatic N) is 7. The van der Waals surface area contributed by atoms with E-state index in [1.54, 1.807) is 23.3 Å². The van der Waals surface area contributed by atoms with Gasteiger partial charge in [-0.15, -0.1) is 5.10 Å². The van der Waals surface area contributed by atoms with Crippen LogP contribution in [0.5, 0.6) is 0 Å². The summed E-state index contributed by atoms with van der Waals surface area (Å²) in [5.41, 5.74) is 3.63. The highest BCUT2D eigenvalue weighted by Gasteiger charge is 2.19. The van der Waals surface area contributed by atoms with Crippen LogP contribution in [0.1, 0.15) is 35.1 Å². The van der Waals surface area contributed by atoms with Gasteiger partial charge in [-0.3, -0.25) is 14.5 Å². The number of hydrogen-bond acceptors (Lipinski definition) is 7. The summed E-state index contributed by atoms with van der Waals surface area (Å²) in [5, 5.41) is 16.7. The van der Waals surface area contributed by atoms with Gasteiger partial charge in [-0.05, 0) is 44.1 Å². The first-order valence-corrected chi connectivity index (χ1v) is 10.1. The standard InChI is InChI=1S/C21H22N8O/c1-28-12-15(11-24-28)18-3-2-14-10-23-16(8-19(14)25-18)9-21(30)20-13-29(27-26-20)17-4-6-22-7-5-17/h2-3,8,10-13,17,22H,4-7,9H2,1H3. The minimum atomic E-state index is -0.0922. The third-order valence-corrected chi connectivity index (χ3v) is 5.45. The average molecular weight is 402 g/mol. The van der Waals surface area contributed by atoms with E-state index in [0.29, 0.717) is 17.4 Å². The second-order valence-corrected chi connectivity index (χ2v) is 7.63. The van der Waals surface area contributed by atoms with Crippen molar-refractivity contribution in [2.45, 2.75) is 25.3 Å². The number of nitrogens with one attached hydrogen (secondary N) is 1. The molecule has 0 bridgehead atoms. The summed E-state index contributed by atoms with van der Waals surface area (Å²) in [5.74, 6) is -0.0922. The van der Waals surface area contributed by atoms with Crippen molar-refractivity contribution in [3.8, 4) is 11.3 Å². The molecule has 0 aromatic carbocycles. The van der Waals surface area contributed by atoms with Crippen LogP contribution in [-0.4, -0.2) is 53.6 Å². The molecule has 0 aliphatic carbocycles. The Hall–Kier alpha value is -3.46. The normalized spacial score (nSPS) is 15.0. The molecule has 0 atom stereocenters. The van der Waals surface area contributed by atoms with Crippen LogP contribution in [0.25, 0.3) is 22.2 Å². The molecule has 1 fully saturated rings. The zero-order valence-electron chi connectivity index (χ0n) is 16.7. The van der Waals surface area contributed by atoms with Crippen LogP contribution in [0.15, 0.2) is 43.0 Å². The van der Waals surface area contributed by atoms with Gasteiger partial charge in [0.15, 0.2) is 5.78 Å². The highest BCUT2D eigenvalue weighted by molar-refractivity contribution is 5.95. The number of fused-ring (bicyclic) bond motifs is 1. The Kier molecular flexibility index (Phi) is 4.80. The number of Topliss-reactive ketones (excluding diaryl/α,β-unsaturated/α-hetero) is 1. The fourth-order valence-electron chi connectivity index (χ4n) is 3.78. The summed E-state index contributed by atoms with van der Waals surface area (Å²) in [6.07, 6.45) is 9.38. The lowest BCUT2D eigenvalue weighted by molar-refractivity contribution is 0.0987. The number of pyridine rings is 2. The molecular weight excluding hydrogens is 380 g/mol. The number of aryl methyl sites for hydroxylation is 1. The molecule has 4 aromatic rings. The van der Waals surface area contributed by atoms with Gasteiger partial charge < -0.3 is 5.32 Å². The maximum Gasteiger partial charge on any atom is 0.190 e. The van der Waals surface area contributed by atoms with Gasteiger partial charge in [0, 0.05) is 30.4 Å². The molecule has 0 spiro atoms. The predicted octanol–water partition coefficient (Wildman–Crippen LogP) is 1.97. The summed E-state index contributed by atoms with van der Waals surface area (Å²) in [6, 6.07) is 6.09. The van der Waals surface area contributed by atoms with Crippen molar-refractivity contribution in [2.75, 3.05) is 13.1 Å². The summed E-state index contributed by atoms with van der Waals surface area (Å²) in [7, 11) is 1.87. The summed E-state index contributed by atoms with van der Waals surface area (Å²) in [4.78, 5) is 21.9. The molecule has 4 aromatic heterocycles. The summed E-state index contributed by atoms with van der Waals surface area (Å²) < 4.78 is 3.57. The average Bonchev–Trinajstić information content (AvgIpc) is 3.43. The monoisotopic (exact) mass is 402 g/mol. The van der Waals surface area contributed by atoms with Crippen molar-refractivity contribution < 1.29 is 4.79 Å². The van der Waals surface area contributed by atoms with Gasteiger partial charge in [-0.1, -0.05) is 5.21 Å². The van der Waals surface area contributed by atoms with Crippen molar-refractivity contribution in [1.82, 2.24) is 40.1 Å². The Bertz CT molecular complexity index is 1200. The largest absolute Gasteiger partial charge is 0.317 e. The van der Waals surface area contributed by atoms with Gasteiger partial charge in [-0.2, -0.15) is 5.10 Å². The molecular formula is C21H22N8O. The van der Waals surface area contributed by atoms with Gasteiger partial charge in [-0.25, -0.2) is 9.67 Å². The number of piperidine rings is 1. The Morgan fingerprint density at radius 3 is 2.87 bits per heavy atom. The number of carbonyl (C=O) groups is 1. The molecule has 9 heteroatoms. The minimum absolute atomic E-state index is 0.0922. The van der Waals surface area contributed by atoms with E-state index in [9.17, 15) is 4.79 Å². The topological polar surface area (TPSA) is 103 Å². The van der Waals surface area contributed by atoms with Crippen molar-refractivity contribution in [3.63, 3.8) is 0 Å². The van der Waals surface area contributed by atoms with E-state index in [1.165, 1.54) is 0 Å². The van der Waals surface area contributed by atoms with E-state index in [4.69, 9.17) is 4.98 Å². The van der Waals surface area contributed by atoms with E-state index in [-0.39, 0.29) is 12.2 Å². The van der Waals surface area contributed by atoms with Crippen LogP contribution in [0.2, 0.25) is 0 Å². The second kappa shape index (κ2) is 7.75. The molecule has 1 saturated heterocycles.